The Hall–Kier alpha value is -1.56. The van der Waals surface area contributed by atoms with Gasteiger partial charge in [-0.05, 0) is 50.2 Å². The minimum Gasteiger partial charge on any atom is -0.409 e. The van der Waals surface area contributed by atoms with E-state index in [0.29, 0.717) is 13.1 Å². The van der Waals surface area contributed by atoms with Crippen LogP contribution in [-0.4, -0.2) is 34.9 Å². The molecule has 21 heavy (non-hydrogen) atoms. The Balaban J connectivity index is 1.65. The number of amidine groups is 1. The number of amides is 1. The van der Waals surface area contributed by atoms with Gasteiger partial charge >= 0.3 is 0 Å². The highest BCUT2D eigenvalue weighted by molar-refractivity contribution is 7.14. The average molecular weight is 307 g/mol. The lowest BCUT2D eigenvalue weighted by Gasteiger charge is -2.31. The number of carbonyl (C=O) groups is 1. The number of hydrogen-bond donors (Lipinski definition) is 2. The zero-order valence-electron chi connectivity index (χ0n) is 12.0. The number of aryl methyl sites for hydroxylation is 2. The van der Waals surface area contributed by atoms with Crippen LogP contribution in [0.25, 0.3) is 0 Å². The Morgan fingerprint density at radius 2 is 2.05 bits per heavy atom. The Morgan fingerprint density at radius 1 is 1.33 bits per heavy atom. The summed E-state index contributed by atoms with van der Waals surface area (Å²) in [5.74, 6) is 0.525. The summed E-state index contributed by atoms with van der Waals surface area (Å²) >= 11 is 1.67. The first-order valence-electron chi connectivity index (χ1n) is 7.57. The van der Waals surface area contributed by atoms with Gasteiger partial charge in [0.25, 0.3) is 5.91 Å². The van der Waals surface area contributed by atoms with Crippen molar-refractivity contribution in [3.05, 3.63) is 21.4 Å². The normalized spacial score (nSPS) is 20.4. The molecule has 6 heteroatoms. The van der Waals surface area contributed by atoms with Crippen LogP contribution in [-0.2, 0) is 12.8 Å². The van der Waals surface area contributed by atoms with Crippen LogP contribution in [0.4, 0.5) is 0 Å². The molecule has 2 heterocycles. The van der Waals surface area contributed by atoms with Gasteiger partial charge in [0.2, 0.25) is 0 Å². The molecule has 1 fully saturated rings. The van der Waals surface area contributed by atoms with Crippen molar-refractivity contribution < 1.29 is 10.0 Å². The summed E-state index contributed by atoms with van der Waals surface area (Å²) in [5, 5.41) is 11.8. The Kier molecular flexibility index (Phi) is 4.14. The summed E-state index contributed by atoms with van der Waals surface area (Å²) < 4.78 is 0. The zero-order chi connectivity index (χ0) is 14.8. The molecule has 1 aliphatic heterocycles. The van der Waals surface area contributed by atoms with Crippen LogP contribution in [0.15, 0.2) is 11.2 Å². The highest BCUT2D eigenvalue weighted by Gasteiger charge is 2.27. The lowest BCUT2D eigenvalue weighted by Crippen LogP contribution is -2.41. The van der Waals surface area contributed by atoms with Gasteiger partial charge in [0.1, 0.15) is 5.84 Å². The van der Waals surface area contributed by atoms with Crippen LogP contribution in [0.5, 0.6) is 0 Å². The van der Waals surface area contributed by atoms with Gasteiger partial charge in [-0.2, -0.15) is 0 Å². The largest absolute Gasteiger partial charge is 0.409 e. The minimum absolute atomic E-state index is 0.0931. The van der Waals surface area contributed by atoms with Crippen molar-refractivity contribution in [1.29, 1.82) is 0 Å². The summed E-state index contributed by atoms with van der Waals surface area (Å²) in [6.07, 6.45) is 6.26. The fourth-order valence-corrected chi connectivity index (χ4v) is 4.43. The van der Waals surface area contributed by atoms with E-state index in [1.54, 1.807) is 11.3 Å². The molecule has 0 bridgehead atoms. The second-order valence-corrected chi connectivity index (χ2v) is 6.99. The first-order chi connectivity index (χ1) is 10.2. The monoisotopic (exact) mass is 307 g/mol. The molecule has 0 atom stereocenters. The highest BCUT2D eigenvalue weighted by Crippen LogP contribution is 2.31. The van der Waals surface area contributed by atoms with Crippen molar-refractivity contribution in [2.24, 2.45) is 16.8 Å². The summed E-state index contributed by atoms with van der Waals surface area (Å²) in [5.41, 5.74) is 7.02. The SMILES string of the molecule is NC(=NO)C1CCN(C(=O)c2cc3c(s2)CCCC3)CC1. The van der Waals surface area contributed by atoms with E-state index in [-0.39, 0.29) is 17.7 Å². The third-order valence-corrected chi connectivity index (χ3v) is 5.75. The maximum atomic E-state index is 12.6. The van der Waals surface area contributed by atoms with Gasteiger partial charge in [0.05, 0.1) is 4.88 Å². The molecule has 0 aromatic carbocycles. The summed E-state index contributed by atoms with van der Waals surface area (Å²) in [6, 6.07) is 2.09. The van der Waals surface area contributed by atoms with Crippen molar-refractivity contribution in [2.45, 2.75) is 38.5 Å². The lowest BCUT2D eigenvalue weighted by atomic mass is 9.95. The van der Waals surface area contributed by atoms with Gasteiger partial charge in [-0.3, -0.25) is 4.79 Å². The molecule has 114 valence electrons. The van der Waals surface area contributed by atoms with E-state index >= 15 is 0 Å². The van der Waals surface area contributed by atoms with E-state index in [9.17, 15) is 4.79 Å². The number of hydrogen-bond acceptors (Lipinski definition) is 4. The number of fused-ring (bicyclic) bond motifs is 1. The lowest BCUT2D eigenvalue weighted by molar-refractivity contribution is 0.0714. The van der Waals surface area contributed by atoms with E-state index in [1.807, 2.05) is 4.90 Å². The fraction of sp³-hybridized carbons (Fsp3) is 0.600. The molecular weight excluding hydrogens is 286 g/mol. The standard InChI is InChI=1S/C15H21N3O2S/c16-14(17-20)10-5-7-18(8-6-10)15(19)13-9-11-3-1-2-4-12(11)21-13/h9-10,20H,1-8H2,(H2,16,17). The first-order valence-corrected chi connectivity index (χ1v) is 8.39. The Labute approximate surface area is 128 Å². The van der Waals surface area contributed by atoms with Gasteiger partial charge in [-0.25, -0.2) is 0 Å². The molecule has 3 N–H and O–H groups in total. The number of thiophene rings is 1. The van der Waals surface area contributed by atoms with Gasteiger partial charge in [0.15, 0.2) is 0 Å². The molecule has 1 aromatic heterocycles. The molecule has 0 saturated carbocycles. The van der Waals surface area contributed by atoms with E-state index in [4.69, 9.17) is 10.9 Å². The number of piperidine rings is 1. The van der Waals surface area contributed by atoms with E-state index < -0.39 is 0 Å². The van der Waals surface area contributed by atoms with Crippen LogP contribution in [0.3, 0.4) is 0 Å². The summed E-state index contributed by atoms with van der Waals surface area (Å²) in [4.78, 5) is 16.8. The van der Waals surface area contributed by atoms with Crippen molar-refractivity contribution >= 4 is 23.1 Å². The van der Waals surface area contributed by atoms with Crippen LogP contribution >= 0.6 is 11.3 Å². The molecule has 1 amide bonds. The molecule has 3 rings (SSSR count). The van der Waals surface area contributed by atoms with Gasteiger partial charge in [-0.1, -0.05) is 5.16 Å². The minimum atomic E-state index is 0.0931. The second-order valence-electron chi connectivity index (χ2n) is 5.86. The number of nitrogens with two attached hydrogens (primary N) is 1. The molecular formula is C15H21N3O2S. The predicted octanol–water partition coefficient (Wildman–Crippen LogP) is 2.23. The van der Waals surface area contributed by atoms with Gasteiger partial charge < -0.3 is 15.8 Å². The molecule has 0 unspecified atom stereocenters. The van der Waals surface area contributed by atoms with Crippen LogP contribution in [0.2, 0.25) is 0 Å². The number of nitrogens with zero attached hydrogens (tertiary/aromatic N) is 2. The molecule has 5 nitrogen and oxygen atoms in total. The van der Waals surface area contributed by atoms with Gasteiger partial charge in [0, 0.05) is 23.9 Å². The zero-order valence-corrected chi connectivity index (χ0v) is 12.9. The van der Waals surface area contributed by atoms with Gasteiger partial charge in [-0.15, -0.1) is 11.3 Å². The molecule has 1 aromatic rings. The van der Waals surface area contributed by atoms with Crippen molar-refractivity contribution in [3.63, 3.8) is 0 Å². The maximum absolute atomic E-state index is 12.6. The molecule has 1 saturated heterocycles. The first kappa shape index (κ1) is 14.4. The van der Waals surface area contributed by atoms with Crippen LogP contribution in [0, 0.1) is 5.92 Å². The third kappa shape index (κ3) is 2.90. The van der Waals surface area contributed by atoms with E-state index in [0.717, 1.165) is 30.6 Å². The van der Waals surface area contributed by atoms with E-state index in [1.165, 1.54) is 23.3 Å². The number of rotatable bonds is 2. The molecule has 2 aliphatic rings. The highest BCUT2D eigenvalue weighted by atomic mass is 32.1. The third-order valence-electron chi connectivity index (χ3n) is 4.52. The number of carbonyl (C=O) groups excluding carboxylic acids is 1. The Morgan fingerprint density at radius 3 is 2.71 bits per heavy atom. The van der Waals surface area contributed by atoms with Crippen molar-refractivity contribution in [1.82, 2.24) is 4.90 Å². The smallest absolute Gasteiger partial charge is 0.263 e. The maximum Gasteiger partial charge on any atom is 0.263 e. The predicted molar refractivity (Wildman–Crippen MR) is 83.0 cm³/mol. The average Bonchev–Trinajstić information content (AvgIpc) is 2.97. The Bertz CT molecular complexity index is 536. The molecule has 0 radical (unpaired) electrons. The van der Waals surface area contributed by atoms with Crippen LogP contribution in [0.1, 0.15) is 45.8 Å². The number of oxime groups is 1. The second kappa shape index (κ2) is 6.05. The summed E-state index contributed by atoms with van der Waals surface area (Å²) in [7, 11) is 0. The fourth-order valence-electron chi connectivity index (χ4n) is 3.21. The quantitative estimate of drug-likeness (QED) is 0.380. The van der Waals surface area contributed by atoms with E-state index in [2.05, 4.69) is 11.2 Å². The molecule has 1 aliphatic carbocycles. The topological polar surface area (TPSA) is 78.9 Å². The van der Waals surface area contributed by atoms with Crippen molar-refractivity contribution in [2.75, 3.05) is 13.1 Å². The van der Waals surface area contributed by atoms with Crippen molar-refractivity contribution in [3.8, 4) is 0 Å². The number of likely N-dealkylation sites (tertiary alicyclic amines) is 1. The van der Waals surface area contributed by atoms with Crippen LogP contribution < -0.4 is 5.73 Å². The summed E-state index contributed by atoms with van der Waals surface area (Å²) in [6.45, 7) is 1.37. The molecule has 0 spiro atoms.